The molecule has 2 rings (SSSR count). The van der Waals surface area contributed by atoms with Crippen molar-refractivity contribution in [1.82, 2.24) is 0 Å². The number of carbonyl (C=O) groups is 1. The highest BCUT2D eigenvalue weighted by Gasteiger charge is 2.42. The lowest BCUT2D eigenvalue weighted by Gasteiger charge is -2.21. The molecule has 1 fully saturated rings. The van der Waals surface area contributed by atoms with Crippen LogP contribution in [0, 0.1) is 0 Å². The second-order valence-electron chi connectivity index (χ2n) is 4.47. The fourth-order valence-electron chi connectivity index (χ4n) is 2.06. The highest BCUT2D eigenvalue weighted by molar-refractivity contribution is 8.14. The summed E-state index contributed by atoms with van der Waals surface area (Å²) in [6.45, 7) is -0.436. The Morgan fingerprint density at radius 1 is 1.29 bits per heavy atom. The molecular weight excluding hydrogens is 354 g/mol. The molecule has 1 aromatic carbocycles. The Kier molecular flexibility index (Phi) is 4.16. The summed E-state index contributed by atoms with van der Waals surface area (Å²) in [5.74, 6) is -0.753. The van der Waals surface area contributed by atoms with Crippen LogP contribution in [-0.4, -0.2) is 26.1 Å². The predicted molar refractivity (Wildman–Crippen MR) is 72.0 cm³/mol. The zero-order valence-corrected chi connectivity index (χ0v) is 12.5. The Balaban J connectivity index is 2.48. The van der Waals surface area contributed by atoms with Crippen LogP contribution in [-0.2, 0) is 20.0 Å². The molecule has 1 aromatic rings. The fourth-order valence-corrected chi connectivity index (χ4v) is 3.26. The Hall–Kier alpha value is -0.990. The number of alkyl halides is 3. The fraction of sp³-hybridized carbons (Fsp3) is 0.364. The van der Waals surface area contributed by atoms with Gasteiger partial charge >= 0.3 is 6.18 Å². The van der Waals surface area contributed by atoms with E-state index in [1.165, 1.54) is 0 Å². The molecule has 0 saturated carbocycles. The number of halogens is 5. The van der Waals surface area contributed by atoms with Crippen LogP contribution in [0.4, 0.5) is 18.9 Å². The Morgan fingerprint density at radius 3 is 2.38 bits per heavy atom. The van der Waals surface area contributed by atoms with Gasteiger partial charge in [-0.25, -0.2) is 8.42 Å². The average molecular weight is 362 g/mol. The maximum Gasteiger partial charge on any atom is 0.418 e. The number of anilines is 1. The summed E-state index contributed by atoms with van der Waals surface area (Å²) in [6, 6.07) is 2.77. The van der Waals surface area contributed by atoms with Gasteiger partial charge in [0, 0.05) is 28.7 Å². The van der Waals surface area contributed by atoms with Crippen LogP contribution in [0.5, 0.6) is 0 Å². The first kappa shape index (κ1) is 16.4. The largest absolute Gasteiger partial charge is 0.418 e. The normalized spacial score (nSPS) is 20.1. The van der Waals surface area contributed by atoms with Crippen molar-refractivity contribution in [3.63, 3.8) is 0 Å². The van der Waals surface area contributed by atoms with Crippen molar-refractivity contribution < 1.29 is 26.4 Å². The van der Waals surface area contributed by atoms with E-state index in [0.717, 1.165) is 23.1 Å². The number of benzene rings is 1. The molecule has 0 radical (unpaired) electrons. The second kappa shape index (κ2) is 5.33. The molecular formula is C11H8Cl2F3NO3S. The molecule has 1 heterocycles. The van der Waals surface area contributed by atoms with Crippen molar-refractivity contribution in [1.29, 1.82) is 0 Å². The lowest BCUT2D eigenvalue weighted by molar-refractivity contribution is -0.137. The first-order valence-corrected chi connectivity index (χ1v) is 8.36. The van der Waals surface area contributed by atoms with Crippen LogP contribution < -0.4 is 4.90 Å². The minimum atomic E-state index is -4.70. The van der Waals surface area contributed by atoms with Crippen LogP contribution in [0.2, 0.25) is 5.02 Å². The molecule has 21 heavy (non-hydrogen) atoms. The second-order valence-corrected chi connectivity index (χ2v) is 7.81. The molecule has 1 atom stereocenters. The first-order chi connectivity index (χ1) is 9.50. The van der Waals surface area contributed by atoms with Crippen molar-refractivity contribution in [3.8, 4) is 0 Å². The summed E-state index contributed by atoms with van der Waals surface area (Å²) in [6.07, 6.45) is -5.16. The van der Waals surface area contributed by atoms with Gasteiger partial charge in [0.05, 0.1) is 11.3 Å². The molecule has 0 spiro atoms. The van der Waals surface area contributed by atoms with Crippen LogP contribution in [0.3, 0.4) is 0 Å². The van der Waals surface area contributed by atoms with Gasteiger partial charge in [-0.1, -0.05) is 11.6 Å². The topological polar surface area (TPSA) is 54.5 Å². The van der Waals surface area contributed by atoms with Gasteiger partial charge in [0.1, 0.15) is 5.25 Å². The number of carbonyl (C=O) groups excluding carboxylic acids is 1. The predicted octanol–water partition coefficient (Wildman–Crippen LogP) is 3.03. The minimum absolute atomic E-state index is 0.00276. The zero-order chi connectivity index (χ0) is 16.0. The van der Waals surface area contributed by atoms with Gasteiger partial charge in [-0.05, 0) is 18.2 Å². The van der Waals surface area contributed by atoms with Gasteiger partial charge in [0.15, 0.2) is 0 Å². The summed E-state index contributed by atoms with van der Waals surface area (Å²) in [7, 11) is 1.12. The van der Waals surface area contributed by atoms with E-state index < -0.39 is 50.6 Å². The number of hydrogen-bond donors (Lipinski definition) is 0. The van der Waals surface area contributed by atoms with Gasteiger partial charge in [-0.2, -0.15) is 13.2 Å². The SMILES string of the molecule is O=C1CC(S(=O)(=O)Cl)CN1c1cc(Cl)ccc1C(F)(F)F. The van der Waals surface area contributed by atoms with E-state index in [2.05, 4.69) is 0 Å². The number of hydrogen-bond acceptors (Lipinski definition) is 3. The quantitative estimate of drug-likeness (QED) is 0.760. The standard InChI is InChI=1S/C11H8Cl2F3NO3S/c12-6-1-2-8(11(14,15)16)9(3-6)17-5-7(4-10(17)18)21(13,19)20/h1-3,7H,4-5H2. The molecule has 0 bridgehead atoms. The van der Waals surface area contributed by atoms with E-state index in [1.807, 2.05) is 0 Å². The van der Waals surface area contributed by atoms with Gasteiger partial charge in [-0.15, -0.1) is 0 Å². The summed E-state index contributed by atoms with van der Waals surface area (Å²) >= 11 is 5.67. The summed E-state index contributed by atoms with van der Waals surface area (Å²) in [4.78, 5) is 12.6. The Bertz CT molecular complexity index is 690. The van der Waals surface area contributed by atoms with Crippen molar-refractivity contribution in [2.75, 3.05) is 11.4 Å². The third-order valence-electron chi connectivity index (χ3n) is 3.04. The maximum atomic E-state index is 13.0. The van der Waals surface area contributed by atoms with E-state index >= 15 is 0 Å². The van der Waals surface area contributed by atoms with Crippen molar-refractivity contribution in [2.24, 2.45) is 0 Å². The lowest BCUT2D eigenvalue weighted by atomic mass is 10.1. The molecule has 1 aliphatic heterocycles. The first-order valence-electron chi connectivity index (χ1n) is 5.60. The van der Waals surface area contributed by atoms with Crippen LogP contribution in [0.15, 0.2) is 18.2 Å². The maximum absolute atomic E-state index is 13.0. The monoisotopic (exact) mass is 361 g/mol. The van der Waals surface area contributed by atoms with Crippen LogP contribution in [0.25, 0.3) is 0 Å². The smallest absolute Gasteiger partial charge is 0.310 e. The molecule has 0 aromatic heterocycles. The van der Waals surface area contributed by atoms with E-state index in [0.29, 0.717) is 0 Å². The molecule has 1 amide bonds. The number of rotatable bonds is 2. The van der Waals surface area contributed by atoms with Gasteiger partial charge in [-0.3, -0.25) is 4.79 Å². The van der Waals surface area contributed by atoms with E-state index in [-0.39, 0.29) is 5.02 Å². The summed E-state index contributed by atoms with van der Waals surface area (Å²) in [5.41, 5.74) is -1.53. The molecule has 4 nitrogen and oxygen atoms in total. The van der Waals surface area contributed by atoms with E-state index in [1.54, 1.807) is 0 Å². The Morgan fingerprint density at radius 2 is 1.90 bits per heavy atom. The van der Waals surface area contributed by atoms with Crippen molar-refractivity contribution >= 4 is 42.9 Å². The van der Waals surface area contributed by atoms with Gasteiger partial charge in [0.25, 0.3) is 0 Å². The highest BCUT2D eigenvalue weighted by atomic mass is 35.7. The third kappa shape index (κ3) is 3.44. The lowest BCUT2D eigenvalue weighted by Crippen LogP contribution is -2.29. The molecule has 0 N–H and O–H groups in total. The summed E-state index contributed by atoms with van der Waals surface area (Å²) in [5, 5.41) is -1.24. The van der Waals surface area contributed by atoms with Crippen LogP contribution in [0.1, 0.15) is 12.0 Å². The minimum Gasteiger partial charge on any atom is -0.310 e. The molecule has 116 valence electrons. The molecule has 10 heteroatoms. The number of nitrogens with zero attached hydrogens (tertiary/aromatic N) is 1. The van der Waals surface area contributed by atoms with Crippen LogP contribution >= 0.6 is 22.3 Å². The van der Waals surface area contributed by atoms with E-state index in [9.17, 15) is 26.4 Å². The Labute approximate surface area is 127 Å². The highest BCUT2D eigenvalue weighted by Crippen LogP contribution is 2.40. The third-order valence-corrected chi connectivity index (χ3v) is 5.15. The molecule has 1 unspecified atom stereocenters. The number of amides is 1. The van der Waals surface area contributed by atoms with Crippen molar-refractivity contribution in [2.45, 2.75) is 17.8 Å². The van der Waals surface area contributed by atoms with E-state index in [4.69, 9.17) is 22.3 Å². The zero-order valence-electron chi connectivity index (χ0n) is 10.2. The van der Waals surface area contributed by atoms with Gasteiger partial charge < -0.3 is 4.90 Å². The van der Waals surface area contributed by atoms with Gasteiger partial charge in [0.2, 0.25) is 15.0 Å². The summed E-state index contributed by atoms with van der Waals surface area (Å²) < 4.78 is 61.4. The molecule has 1 saturated heterocycles. The average Bonchev–Trinajstić information content (AvgIpc) is 2.69. The molecule has 1 aliphatic rings. The van der Waals surface area contributed by atoms with Crippen molar-refractivity contribution in [3.05, 3.63) is 28.8 Å². The molecule has 0 aliphatic carbocycles.